The van der Waals surface area contributed by atoms with E-state index in [4.69, 9.17) is 0 Å². The van der Waals surface area contributed by atoms with Gasteiger partial charge in [-0.2, -0.15) is 13.2 Å². The van der Waals surface area contributed by atoms with Crippen molar-refractivity contribution in [1.82, 2.24) is 4.98 Å². The number of carbonyl (C=O) groups excluding carboxylic acids is 1. The van der Waals surface area contributed by atoms with Crippen molar-refractivity contribution < 1.29 is 31.1 Å². The number of amides is 1. The molecule has 4 atom stereocenters. The van der Waals surface area contributed by atoms with E-state index in [2.05, 4.69) is 10.3 Å². The zero-order valence-electron chi connectivity index (χ0n) is 13.0. The van der Waals surface area contributed by atoms with Crippen LogP contribution in [-0.2, 0) is 4.79 Å². The number of hydrogen-bond acceptors (Lipinski definition) is 3. The van der Waals surface area contributed by atoms with Gasteiger partial charge in [0.25, 0.3) is 11.6 Å². The van der Waals surface area contributed by atoms with Crippen molar-refractivity contribution in [2.75, 3.05) is 5.32 Å². The van der Waals surface area contributed by atoms with Gasteiger partial charge in [-0.25, -0.2) is 18.2 Å². The maximum Gasteiger partial charge on any atom is 0.428 e. The molecular formula is C16H12F6N2OS. The molecule has 1 aromatic heterocycles. The van der Waals surface area contributed by atoms with Crippen molar-refractivity contribution in [3.8, 4) is 0 Å². The number of para-hydroxylation sites is 1. The van der Waals surface area contributed by atoms with Gasteiger partial charge in [0.2, 0.25) is 5.91 Å². The predicted molar refractivity (Wildman–Crippen MR) is 82.8 cm³/mol. The van der Waals surface area contributed by atoms with E-state index in [0.717, 1.165) is 16.0 Å². The van der Waals surface area contributed by atoms with Gasteiger partial charge in [-0.1, -0.05) is 23.5 Å². The van der Waals surface area contributed by atoms with E-state index < -0.39 is 54.3 Å². The third kappa shape index (κ3) is 2.20. The topological polar surface area (TPSA) is 42.0 Å². The number of nitrogens with zero attached hydrogens (tertiary/aromatic N) is 1. The van der Waals surface area contributed by atoms with Crippen molar-refractivity contribution in [3.63, 3.8) is 0 Å². The zero-order chi connectivity index (χ0) is 18.9. The molecule has 0 unspecified atom stereocenters. The monoisotopic (exact) mass is 394 g/mol. The van der Waals surface area contributed by atoms with Gasteiger partial charge in [-0.15, -0.1) is 0 Å². The molecule has 0 aliphatic heterocycles. The normalized spacial score (nSPS) is 32.9. The molecule has 0 saturated heterocycles. The van der Waals surface area contributed by atoms with E-state index in [-0.39, 0.29) is 5.13 Å². The van der Waals surface area contributed by atoms with Crippen molar-refractivity contribution in [3.05, 3.63) is 24.3 Å². The van der Waals surface area contributed by atoms with E-state index in [1.54, 1.807) is 24.3 Å². The summed E-state index contributed by atoms with van der Waals surface area (Å²) in [5.41, 5.74) is -4.10. The number of halogens is 6. The third-order valence-electron chi connectivity index (χ3n) is 5.34. The number of nitrogens with one attached hydrogen (secondary N) is 1. The standard InChI is InChI=1S/C16H12F6N2OS/c17-14(16(20,21)22)9-6-7(15(14,18)19)5-8(9)12(25)24-13-23-10-3-1-2-4-11(10)26-13/h1-4,7-9H,5-6H2,(H,23,24,25)/t7-,8+,9+,14-/m1/s1. The summed E-state index contributed by atoms with van der Waals surface area (Å²) in [5.74, 6) is -10.8. The first-order valence-electron chi connectivity index (χ1n) is 7.85. The summed E-state index contributed by atoms with van der Waals surface area (Å²) < 4.78 is 82.5. The summed E-state index contributed by atoms with van der Waals surface area (Å²) in [6.45, 7) is 0. The minimum Gasteiger partial charge on any atom is -0.302 e. The van der Waals surface area contributed by atoms with Crippen molar-refractivity contribution in [1.29, 1.82) is 0 Å². The number of rotatable bonds is 2. The van der Waals surface area contributed by atoms with E-state index in [1.807, 2.05) is 0 Å². The van der Waals surface area contributed by atoms with E-state index in [0.29, 0.717) is 5.52 Å². The van der Waals surface area contributed by atoms with Gasteiger partial charge in [0, 0.05) is 17.8 Å². The Morgan fingerprint density at radius 2 is 1.88 bits per heavy atom. The average Bonchev–Trinajstić information content (AvgIpc) is 3.20. The van der Waals surface area contributed by atoms with Crippen LogP contribution in [0.25, 0.3) is 10.2 Å². The lowest BCUT2D eigenvalue weighted by Crippen LogP contribution is -2.61. The third-order valence-corrected chi connectivity index (χ3v) is 6.30. The van der Waals surface area contributed by atoms with Gasteiger partial charge in [0.05, 0.1) is 10.2 Å². The molecule has 4 rings (SSSR count). The molecule has 2 saturated carbocycles. The van der Waals surface area contributed by atoms with Gasteiger partial charge in [-0.05, 0) is 25.0 Å². The Balaban J connectivity index is 1.60. The molecule has 26 heavy (non-hydrogen) atoms. The van der Waals surface area contributed by atoms with E-state index in [9.17, 15) is 31.1 Å². The van der Waals surface area contributed by atoms with Gasteiger partial charge in [0.15, 0.2) is 5.13 Å². The molecule has 10 heteroatoms. The number of alkyl halides is 6. The maximum atomic E-state index is 14.5. The minimum absolute atomic E-state index is 0.141. The van der Waals surface area contributed by atoms with E-state index in [1.165, 1.54) is 0 Å². The molecule has 2 bridgehead atoms. The number of thiazole rings is 1. The molecule has 1 aromatic carbocycles. The summed E-state index contributed by atoms with van der Waals surface area (Å²) in [4.78, 5) is 16.5. The second-order valence-electron chi connectivity index (χ2n) is 6.69. The first-order valence-corrected chi connectivity index (χ1v) is 8.67. The Hall–Kier alpha value is -1.84. The Bertz CT molecular complexity index is 848. The number of anilines is 1. The maximum absolute atomic E-state index is 14.5. The Labute approximate surface area is 147 Å². The first-order chi connectivity index (χ1) is 12.1. The van der Waals surface area contributed by atoms with Crippen LogP contribution >= 0.6 is 11.3 Å². The highest BCUT2D eigenvalue weighted by Gasteiger charge is 2.84. The lowest BCUT2D eigenvalue weighted by molar-refractivity contribution is -0.321. The molecule has 1 amide bonds. The minimum atomic E-state index is -5.75. The lowest BCUT2D eigenvalue weighted by atomic mass is 9.75. The molecule has 1 N–H and O–H groups in total. The number of aromatic nitrogens is 1. The Morgan fingerprint density at radius 3 is 2.50 bits per heavy atom. The van der Waals surface area contributed by atoms with E-state index >= 15 is 0 Å². The second-order valence-corrected chi connectivity index (χ2v) is 7.72. The summed E-state index contributed by atoms with van der Waals surface area (Å²) in [7, 11) is 0. The van der Waals surface area contributed by atoms with Crippen molar-refractivity contribution in [2.24, 2.45) is 17.8 Å². The summed E-state index contributed by atoms with van der Waals surface area (Å²) in [6, 6.07) is 6.92. The molecule has 0 radical (unpaired) electrons. The molecule has 2 aliphatic rings. The number of fused-ring (bicyclic) bond motifs is 3. The largest absolute Gasteiger partial charge is 0.428 e. The van der Waals surface area contributed by atoms with Crippen LogP contribution in [0.1, 0.15) is 12.8 Å². The second kappa shape index (κ2) is 5.34. The van der Waals surface area contributed by atoms with Gasteiger partial charge < -0.3 is 5.32 Å². The van der Waals surface area contributed by atoms with Crippen LogP contribution in [0.4, 0.5) is 31.5 Å². The number of benzene rings is 1. The van der Waals surface area contributed by atoms with Crippen LogP contribution in [0.15, 0.2) is 24.3 Å². The average molecular weight is 394 g/mol. The van der Waals surface area contributed by atoms with Gasteiger partial charge >= 0.3 is 6.18 Å². The van der Waals surface area contributed by atoms with Crippen molar-refractivity contribution in [2.45, 2.75) is 30.6 Å². The molecule has 0 spiro atoms. The van der Waals surface area contributed by atoms with Gasteiger partial charge in [0.1, 0.15) is 0 Å². The molecule has 1 heterocycles. The highest BCUT2D eigenvalue weighted by atomic mass is 32.1. The molecule has 140 valence electrons. The summed E-state index contributed by atoms with van der Waals surface area (Å²) in [6.07, 6.45) is -6.89. The molecule has 2 aromatic rings. The highest BCUT2D eigenvalue weighted by Crippen LogP contribution is 2.68. The van der Waals surface area contributed by atoms with Crippen LogP contribution in [0, 0.1) is 17.8 Å². The molecule has 2 fully saturated rings. The van der Waals surface area contributed by atoms with Gasteiger partial charge in [-0.3, -0.25) is 4.79 Å². The first kappa shape index (κ1) is 17.6. The smallest absolute Gasteiger partial charge is 0.302 e. The molecular weight excluding hydrogens is 382 g/mol. The van der Waals surface area contributed by atoms with Crippen LogP contribution in [0.2, 0.25) is 0 Å². The van der Waals surface area contributed by atoms with Crippen LogP contribution < -0.4 is 5.32 Å². The zero-order valence-corrected chi connectivity index (χ0v) is 13.8. The van der Waals surface area contributed by atoms with Crippen LogP contribution in [0.5, 0.6) is 0 Å². The van der Waals surface area contributed by atoms with Crippen molar-refractivity contribution >= 4 is 32.6 Å². The Kier molecular flexibility index (Phi) is 3.61. The number of carbonyl (C=O) groups is 1. The molecule has 2 aliphatic carbocycles. The highest BCUT2D eigenvalue weighted by molar-refractivity contribution is 7.22. The predicted octanol–water partition coefficient (Wildman–Crippen LogP) is 4.80. The lowest BCUT2D eigenvalue weighted by Gasteiger charge is -2.40. The van der Waals surface area contributed by atoms with Crippen LogP contribution in [-0.4, -0.2) is 28.7 Å². The fourth-order valence-corrected chi connectivity index (χ4v) is 5.00. The fourth-order valence-electron chi connectivity index (χ4n) is 4.13. The Morgan fingerprint density at radius 1 is 1.19 bits per heavy atom. The SMILES string of the molecule is O=C(Nc1nc2ccccc2s1)[C@H]1C[C@@H]2C[C@@H]1[C@](F)(C(F)(F)F)C2(F)F. The fraction of sp³-hybridized carbons (Fsp3) is 0.500. The molecule has 3 nitrogen and oxygen atoms in total. The van der Waals surface area contributed by atoms with Crippen LogP contribution in [0.3, 0.4) is 0 Å². The quantitative estimate of drug-likeness (QED) is 0.744. The summed E-state index contributed by atoms with van der Waals surface area (Å²) >= 11 is 1.10. The summed E-state index contributed by atoms with van der Waals surface area (Å²) in [5, 5.41) is 2.51. The number of hydrogen-bond donors (Lipinski definition) is 1.